The van der Waals surface area contributed by atoms with Crippen molar-refractivity contribution in [2.24, 2.45) is 0 Å². The summed E-state index contributed by atoms with van der Waals surface area (Å²) in [5.41, 5.74) is 0. The van der Waals surface area contributed by atoms with Crippen LogP contribution in [0, 0.1) is 0 Å². The van der Waals surface area contributed by atoms with Gasteiger partial charge < -0.3 is 4.74 Å². The highest BCUT2D eigenvalue weighted by Gasteiger charge is 1.93. The van der Waals surface area contributed by atoms with Crippen LogP contribution in [-0.4, -0.2) is 12.6 Å². The van der Waals surface area contributed by atoms with Crippen LogP contribution in [-0.2, 0) is 9.53 Å². The Bertz CT molecular complexity index is 279. The van der Waals surface area contributed by atoms with Gasteiger partial charge in [0.05, 0.1) is 6.61 Å². The highest BCUT2D eigenvalue weighted by atomic mass is 16.5. The third-order valence-electron chi connectivity index (χ3n) is 3.43. The van der Waals surface area contributed by atoms with Gasteiger partial charge in [-0.2, -0.15) is 0 Å². The topological polar surface area (TPSA) is 26.3 Å². The summed E-state index contributed by atoms with van der Waals surface area (Å²) < 4.78 is 4.90. The minimum atomic E-state index is -0.166. The van der Waals surface area contributed by atoms with E-state index in [2.05, 4.69) is 31.2 Å². The van der Waals surface area contributed by atoms with Gasteiger partial charge in [-0.3, -0.25) is 4.79 Å². The SMILES string of the molecule is CCCCCC=CC=CCCCCCCCCOC(C)=O. The van der Waals surface area contributed by atoms with E-state index in [0.717, 1.165) is 6.42 Å². The number of rotatable bonds is 14. The lowest BCUT2D eigenvalue weighted by Gasteiger charge is -2.01. The molecule has 0 aromatic heterocycles. The van der Waals surface area contributed by atoms with Gasteiger partial charge in [0, 0.05) is 6.92 Å². The molecule has 0 spiro atoms. The average Bonchev–Trinajstić information content (AvgIpc) is 2.46. The van der Waals surface area contributed by atoms with Gasteiger partial charge >= 0.3 is 5.97 Å². The summed E-state index contributed by atoms with van der Waals surface area (Å²) in [6.07, 6.45) is 22.6. The zero-order chi connectivity index (χ0) is 15.6. The monoisotopic (exact) mass is 294 g/mol. The molecule has 0 aromatic rings. The lowest BCUT2D eigenvalue weighted by molar-refractivity contribution is -0.141. The second kappa shape index (κ2) is 17.0. The van der Waals surface area contributed by atoms with Gasteiger partial charge in [-0.05, 0) is 32.1 Å². The molecule has 21 heavy (non-hydrogen) atoms. The molecule has 0 N–H and O–H groups in total. The number of unbranched alkanes of at least 4 members (excludes halogenated alkanes) is 9. The fourth-order valence-corrected chi connectivity index (χ4v) is 2.15. The highest BCUT2D eigenvalue weighted by molar-refractivity contribution is 5.65. The summed E-state index contributed by atoms with van der Waals surface area (Å²) in [5.74, 6) is -0.166. The molecule has 0 aromatic carbocycles. The van der Waals surface area contributed by atoms with Crippen molar-refractivity contribution >= 4 is 5.97 Å². The number of esters is 1. The van der Waals surface area contributed by atoms with E-state index in [9.17, 15) is 4.79 Å². The maximum atomic E-state index is 10.6. The summed E-state index contributed by atoms with van der Waals surface area (Å²) in [4.78, 5) is 10.6. The first kappa shape index (κ1) is 19.9. The van der Waals surface area contributed by atoms with Crippen molar-refractivity contribution in [3.8, 4) is 0 Å². The van der Waals surface area contributed by atoms with Gasteiger partial charge in [0.2, 0.25) is 0 Å². The molecular weight excluding hydrogens is 260 g/mol. The Kier molecular flexibility index (Phi) is 16.2. The van der Waals surface area contributed by atoms with Crippen LogP contribution < -0.4 is 0 Å². The molecule has 0 radical (unpaired) electrons. The van der Waals surface area contributed by atoms with Crippen molar-refractivity contribution in [1.82, 2.24) is 0 Å². The van der Waals surface area contributed by atoms with Crippen molar-refractivity contribution in [2.75, 3.05) is 6.61 Å². The van der Waals surface area contributed by atoms with E-state index in [0.29, 0.717) is 6.61 Å². The summed E-state index contributed by atoms with van der Waals surface area (Å²) in [6.45, 7) is 4.29. The van der Waals surface area contributed by atoms with Gasteiger partial charge in [0.1, 0.15) is 0 Å². The van der Waals surface area contributed by atoms with Crippen LogP contribution in [0.2, 0.25) is 0 Å². The zero-order valence-corrected chi connectivity index (χ0v) is 14.1. The number of carbonyl (C=O) groups excluding carboxylic acids is 1. The maximum absolute atomic E-state index is 10.6. The third kappa shape index (κ3) is 18.9. The Balaban J connectivity index is 3.16. The normalized spacial score (nSPS) is 11.5. The number of hydrogen-bond donors (Lipinski definition) is 0. The molecule has 0 saturated heterocycles. The number of hydrogen-bond acceptors (Lipinski definition) is 2. The molecule has 0 aliphatic carbocycles. The Morgan fingerprint density at radius 2 is 1.33 bits per heavy atom. The Hall–Kier alpha value is -1.05. The van der Waals surface area contributed by atoms with E-state index in [1.165, 1.54) is 71.1 Å². The first-order valence-corrected chi connectivity index (χ1v) is 8.72. The molecule has 0 heterocycles. The van der Waals surface area contributed by atoms with E-state index in [1.54, 1.807) is 0 Å². The van der Waals surface area contributed by atoms with E-state index >= 15 is 0 Å². The molecule has 0 fully saturated rings. The van der Waals surface area contributed by atoms with Crippen LogP contribution >= 0.6 is 0 Å². The fourth-order valence-electron chi connectivity index (χ4n) is 2.15. The zero-order valence-electron chi connectivity index (χ0n) is 14.1. The molecule has 0 bridgehead atoms. The van der Waals surface area contributed by atoms with Crippen molar-refractivity contribution in [1.29, 1.82) is 0 Å². The lowest BCUT2D eigenvalue weighted by atomic mass is 10.1. The molecule has 0 atom stereocenters. The summed E-state index contributed by atoms with van der Waals surface area (Å²) in [7, 11) is 0. The van der Waals surface area contributed by atoms with Gasteiger partial charge in [0.25, 0.3) is 0 Å². The van der Waals surface area contributed by atoms with Crippen molar-refractivity contribution in [2.45, 2.75) is 84.5 Å². The van der Waals surface area contributed by atoms with Gasteiger partial charge in [-0.15, -0.1) is 0 Å². The van der Waals surface area contributed by atoms with Gasteiger partial charge in [-0.25, -0.2) is 0 Å². The van der Waals surface area contributed by atoms with E-state index in [-0.39, 0.29) is 5.97 Å². The fraction of sp³-hybridized carbons (Fsp3) is 0.737. The predicted octanol–water partition coefficient (Wildman–Crippen LogP) is 5.97. The van der Waals surface area contributed by atoms with Crippen molar-refractivity contribution in [3.05, 3.63) is 24.3 Å². The molecule has 0 unspecified atom stereocenters. The number of ether oxygens (including phenoxy) is 1. The lowest BCUT2D eigenvalue weighted by Crippen LogP contribution is -1.99. The highest BCUT2D eigenvalue weighted by Crippen LogP contribution is 2.08. The van der Waals surface area contributed by atoms with E-state index in [4.69, 9.17) is 4.74 Å². The molecule has 0 rings (SSSR count). The third-order valence-corrected chi connectivity index (χ3v) is 3.43. The summed E-state index contributed by atoms with van der Waals surface area (Å²) in [6, 6.07) is 0. The van der Waals surface area contributed by atoms with Crippen molar-refractivity contribution in [3.63, 3.8) is 0 Å². The second-order valence-electron chi connectivity index (χ2n) is 5.60. The minimum absolute atomic E-state index is 0.166. The predicted molar refractivity (Wildman–Crippen MR) is 91.4 cm³/mol. The maximum Gasteiger partial charge on any atom is 0.302 e. The van der Waals surface area contributed by atoms with Crippen LogP contribution in [0.4, 0.5) is 0 Å². The first-order valence-electron chi connectivity index (χ1n) is 8.72. The minimum Gasteiger partial charge on any atom is -0.466 e. The van der Waals surface area contributed by atoms with Crippen molar-refractivity contribution < 1.29 is 9.53 Å². The Morgan fingerprint density at radius 3 is 1.90 bits per heavy atom. The Morgan fingerprint density at radius 1 is 0.810 bits per heavy atom. The van der Waals surface area contributed by atoms with Gasteiger partial charge in [0.15, 0.2) is 0 Å². The molecule has 122 valence electrons. The largest absolute Gasteiger partial charge is 0.466 e. The number of allylic oxidation sites excluding steroid dienone is 4. The first-order chi connectivity index (χ1) is 10.3. The van der Waals surface area contributed by atoms with Crippen LogP contribution in [0.15, 0.2) is 24.3 Å². The van der Waals surface area contributed by atoms with Crippen LogP contribution in [0.5, 0.6) is 0 Å². The van der Waals surface area contributed by atoms with Gasteiger partial charge in [-0.1, -0.05) is 69.8 Å². The van der Waals surface area contributed by atoms with E-state index in [1.807, 2.05) is 0 Å². The molecular formula is C19H34O2. The molecule has 0 amide bonds. The van der Waals surface area contributed by atoms with Crippen LogP contribution in [0.3, 0.4) is 0 Å². The molecule has 0 aliphatic heterocycles. The smallest absolute Gasteiger partial charge is 0.302 e. The average molecular weight is 294 g/mol. The molecule has 0 aliphatic rings. The summed E-state index contributed by atoms with van der Waals surface area (Å²) in [5, 5.41) is 0. The van der Waals surface area contributed by atoms with E-state index < -0.39 is 0 Å². The number of carbonyl (C=O) groups is 1. The molecule has 2 heteroatoms. The molecule has 0 saturated carbocycles. The standard InChI is InChI=1S/C19H34O2/c1-3-4-5-6-7-8-9-10-11-12-13-14-15-16-17-18-21-19(2)20/h7-10H,3-6,11-18H2,1-2H3. The second-order valence-corrected chi connectivity index (χ2v) is 5.60. The quantitative estimate of drug-likeness (QED) is 0.224. The Labute approximate surface area is 131 Å². The van der Waals surface area contributed by atoms with Crippen LogP contribution in [0.1, 0.15) is 84.5 Å². The van der Waals surface area contributed by atoms with Crippen LogP contribution in [0.25, 0.3) is 0 Å². The molecule has 2 nitrogen and oxygen atoms in total. The summed E-state index contributed by atoms with van der Waals surface area (Å²) >= 11 is 0.